The maximum absolute atomic E-state index is 14.3. The normalized spacial score (nSPS) is 18.8. The van der Waals surface area contributed by atoms with Gasteiger partial charge in [-0.15, -0.1) is 0 Å². The van der Waals surface area contributed by atoms with Gasteiger partial charge in [-0.3, -0.25) is 9.59 Å². The second kappa shape index (κ2) is 10.0. The third-order valence-electron chi connectivity index (χ3n) is 6.58. The Morgan fingerprint density at radius 2 is 1.59 bits per heavy atom. The summed E-state index contributed by atoms with van der Waals surface area (Å²) in [5, 5.41) is 4.48. The van der Waals surface area contributed by atoms with Crippen LogP contribution < -0.4 is 5.32 Å². The van der Waals surface area contributed by atoms with E-state index in [2.05, 4.69) is 5.32 Å². The molecule has 2 aliphatic rings. The lowest BCUT2D eigenvalue weighted by atomic mass is 9.69. The van der Waals surface area contributed by atoms with E-state index in [1.165, 1.54) is 6.07 Å². The van der Waals surface area contributed by atoms with Crippen molar-refractivity contribution in [3.63, 3.8) is 0 Å². The average molecular weight is 553 g/mol. The zero-order valence-electron chi connectivity index (χ0n) is 20.3. The first-order valence-electron chi connectivity index (χ1n) is 11.9. The number of rotatable bonds is 5. The van der Waals surface area contributed by atoms with Gasteiger partial charge in [0.1, 0.15) is 5.76 Å². The van der Waals surface area contributed by atoms with Gasteiger partial charge >= 0.3 is 0 Å². The number of benzene rings is 3. The highest BCUT2D eigenvalue weighted by Crippen LogP contribution is 2.50. The molecule has 0 bridgehead atoms. The summed E-state index contributed by atoms with van der Waals surface area (Å²) in [7, 11) is 0. The Hall–Kier alpha value is -3.05. The number of anilines is 1. The van der Waals surface area contributed by atoms with E-state index < -0.39 is 5.92 Å². The Kier molecular flexibility index (Phi) is 6.93. The molecule has 5 rings (SSSR count). The molecule has 4 nitrogen and oxygen atoms in total. The molecule has 1 aliphatic carbocycles. The van der Waals surface area contributed by atoms with Crippen LogP contribution in [0.1, 0.15) is 48.5 Å². The number of carbonyl (C=O) groups excluding carboxylic acids is 2. The minimum Gasteiger partial charge on any atom is -0.444 e. The van der Waals surface area contributed by atoms with Crippen molar-refractivity contribution in [1.82, 2.24) is 0 Å². The summed E-state index contributed by atoms with van der Waals surface area (Å²) in [6.45, 7) is 4.07. The number of ether oxygens (including phenoxy) is 1. The predicted octanol–water partition coefficient (Wildman–Crippen LogP) is 8.61. The minimum absolute atomic E-state index is 0.0487. The highest BCUT2D eigenvalue weighted by Gasteiger charge is 2.45. The van der Waals surface area contributed by atoms with E-state index in [0.717, 1.165) is 11.3 Å². The van der Waals surface area contributed by atoms with Crippen LogP contribution in [-0.4, -0.2) is 11.6 Å². The van der Waals surface area contributed by atoms with Crippen molar-refractivity contribution in [2.75, 3.05) is 5.32 Å². The van der Waals surface area contributed by atoms with E-state index in [1.54, 1.807) is 24.3 Å². The molecule has 1 atom stereocenters. The van der Waals surface area contributed by atoms with Gasteiger partial charge in [-0.2, -0.15) is 0 Å². The lowest BCUT2D eigenvalue weighted by Gasteiger charge is -2.39. The minimum atomic E-state index is -0.682. The van der Waals surface area contributed by atoms with Crippen molar-refractivity contribution < 1.29 is 14.3 Å². The van der Waals surface area contributed by atoms with E-state index in [4.69, 9.17) is 39.5 Å². The average Bonchev–Trinajstić information content (AvgIpc) is 2.85. The number of hydrogen-bond donors (Lipinski definition) is 1. The molecule has 1 unspecified atom stereocenters. The zero-order valence-corrected chi connectivity index (χ0v) is 22.5. The van der Waals surface area contributed by atoms with Crippen LogP contribution in [0, 0.1) is 5.41 Å². The highest BCUT2D eigenvalue weighted by atomic mass is 35.5. The third kappa shape index (κ3) is 5.19. The van der Waals surface area contributed by atoms with E-state index in [-0.39, 0.29) is 39.0 Å². The van der Waals surface area contributed by atoms with Crippen LogP contribution in [0.2, 0.25) is 15.1 Å². The lowest BCUT2D eigenvalue weighted by molar-refractivity contribution is -0.119. The molecule has 0 saturated heterocycles. The maximum Gasteiger partial charge on any atom is 0.205 e. The summed E-state index contributed by atoms with van der Waals surface area (Å²) in [5.74, 6) is -0.286. The van der Waals surface area contributed by atoms with Crippen LogP contribution >= 0.6 is 34.8 Å². The molecule has 7 heteroatoms. The number of carbonyl (C=O) groups is 2. The van der Waals surface area contributed by atoms with Crippen LogP contribution in [0.3, 0.4) is 0 Å². The Labute approximate surface area is 230 Å². The SMILES string of the molecule is CC1(C)CC(=O)C2=C(C1)OC(Nc1ccccc1)=C(C(=O)c1cc(Cl)ccc1Cl)C2c1ccc(Cl)cc1. The van der Waals surface area contributed by atoms with Crippen LogP contribution in [0.15, 0.2) is 95.6 Å². The van der Waals surface area contributed by atoms with Gasteiger partial charge in [0.2, 0.25) is 5.88 Å². The second-order valence-electron chi connectivity index (χ2n) is 10.1. The van der Waals surface area contributed by atoms with Gasteiger partial charge in [0.15, 0.2) is 11.6 Å². The molecule has 1 N–H and O–H groups in total. The van der Waals surface area contributed by atoms with E-state index in [1.807, 2.05) is 56.3 Å². The van der Waals surface area contributed by atoms with Crippen molar-refractivity contribution in [3.8, 4) is 0 Å². The molecule has 0 amide bonds. The molecule has 0 saturated carbocycles. The number of allylic oxidation sites excluding steroid dienone is 3. The molecule has 1 heterocycles. The number of ketones is 2. The lowest BCUT2D eigenvalue weighted by Crippen LogP contribution is -2.35. The first kappa shape index (κ1) is 25.6. The molecule has 0 fully saturated rings. The molecular formula is C30H24Cl3NO3. The van der Waals surface area contributed by atoms with Crippen LogP contribution in [-0.2, 0) is 9.53 Å². The summed E-state index contributed by atoms with van der Waals surface area (Å²) in [4.78, 5) is 27.9. The third-order valence-corrected chi connectivity index (χ3v) is 7.40. The molecule has 37 heavy (non-hydrogen) atoms. The standard InChI is InChI=1S/C30H24Cl3NO3/c1-30(2)15-23(35)26-24(16-30)37-29(34-20-6-4-3-5-7-20)27(25(26)17-8-10-18(31)11-9-17)28(36)21-14-19(32)12-13-22(21)33/h3-14,25,34H,15-16H2,1-2H3. The predicted molar refractivity (Wildman–Crippen MR) is 148 cm³/mol. The van der Waals surface area contributed by atoms with Crippen molar-refractivity contribution in [1.29, 1.82) is 0 Å². The number of Topliss-reactive ketones (excluding diaryl/α,β-unsaturated/α-hetero) is 2. The summed E-state index contributed by atoms with van der Waals surface area (Å²) < 4.78 is 6.41. The van der Waals surface area contributed by atoms with Crippen LogP contribution in [0.5, 0.6) is 0 Å². The summed E-state index contributed by atoms with van der Waals surface area (Å²) in [5.41, 5.74) is 2.20. The molecule has 0 radical (unpaired) electrons. The Balaban J connectivity index is 1.76. The summed E-state index contributed by atoms with van der Waals surface area (Å²) in [6.07, 6.45) is 0.900. The number of para-hydroxylation sites is 1. The van der Waals surface area contributed by atoms with E-state index >= 15 is 0 Å². The fourth-order valence-electron chi connectivity index (χ4n) is 4.93. The number of hydrogen-bond acceptors (Lipinski definition) is 4. The molecule has 0 aromatic heterocycles. The first-order valence-corrected chi connectivity index (χ1v) is 13.0. The summed E-state index contributed by atoms with van der Waals surface area (Å²) >= 11 is 18.9. The Morgan fingerprint density at radius 3 is 2.30 bits per heavy atom. The fourth-order valence-corrected chi connectivity index (χ4v) is 5.43. The largest absolute Gasteiger partial charge is 0.444 e. The van der Waals surface area contributed by atoms with Gasteiger partial charge in [-0.05, 0) is 53.4 Å². The Bertz CT molecular complexity index is 1460. The fraction of sp³-hybridized carbons (Fsp3) is 0.200. The van der Waals surface area contributed by atoms with E-state index in [0.29, 0.717) is 34.2 Å². The summed E-state index contributed by atoms with van der Waals surface area (Å²) in [6, 6.07) is 21.3. The first-order chi connectivity index (χ1) is 17.6. The molecule has 188 valence electrons. The van der Waals surface area contributed by atoms with Gasteiger partial charge < -0.3 is 10.1 Å². The van der Waals surface area contributed by atoms with Gasteiger partial charge in [0, 0.05) is 39.7 Å². The van der Waals surface area contributed by atoms with Crippen molar-refractivity contribution in [2.24, 2.45) is 5.41 Å². The number of halogens is 3. The van der Waals surface area contributed by atoms with Crippen LogP contribution in [0.4, 0.5) is 5.69 Å². The molecule has 3 aromatic rings. The van der Waals surface area contributed by atoms with Gasteiger partial charge in [-0.25, -0.2) is 0 Å². The number of nitrogens with one attached hydrogen (secondary N) is 1. The molecule has 1 aliphatic heterocycles. The van der Waals surface area contributed by atoms with Crippen LogP contribution in [0.25, 0.3) is 0 Å². The quantitative estimate of drug-likeness (QED) is 0.322. The zero-order chi connectivity index (χ0) is 26.3. The topological polar surface area (TPSA) is 55.4 Å². The van der Waals surface area contributed by atoms with Gasteiger partial charge in [-0.1, -0.05) is 79.0 Å². The van der Waals surface area contributed by atoms with Crippen molar-refractivity contribution in [2.45, 2.75) is 32.6 Å². The van der Waals surface area contributed by atoms with Gasteiger partial charge in [0.25, 0.3) is 0 Å². The molecular weight excluding hydrogens is 529 g/mol. The molecule has 0 spiro atoms. The maximum atomic E-state index is 14.3. The van der Waals surface area contributed by atoms with Crippen molar-refractivity contribution >= 4 is 52.1 Å². The van der Waals surface area contributed by atoms with E-state index in [9.17, 15) is 9.59 Å². The van der Waals surface area contributed by atoms with Crippen molar-refractivity contribution in [3.05, 3.63) is 122 Å². The Morgan fingerprint density at radius 1 is 0.919 bits per heavy atom. The second-order valence-corrected chi connectivity index (χ2v) is 11.3. The monoisotopic (exact) mass is 551 g/mol. The van der Waals surface area contributed by atoms with Gasteiger partial charge in [0.05, 0.1) is 16.5 Å². The smallest absolute Gasteiger partial charge is 0.205 e. The highest BCUT2D eigenvalue weighted by molar-refractivity contribution is 6.37. The molecule has 3 aromatic carbocycles.